The lowest BCUT2D eigenvalue weighted by Gasteiger charge is -2.23. The van der Waals surface area contributed by atoms with Gasteiger partial charge in [-0.2, -0.15) is 0 Å². The van der Waals surface area contributed by atoms with Gasteiger partial charge in [-0.1, -0.05) is 48.5 Å². The van der Waals surface area contributed by atoms with Crippen LogP contribution < -0.4 is 0 Å². The molecule has 1 aliphatic rings. The van der Waals surface area contributed by atoms with E-state index in [-0.39, 0.29) is 6.10 Å². The maximum absolute atomic E-state index is 10.1. The zero-order valence-corrected chi connectivity index (χ0v) is 10.8. The zero-order chi connectivity index (χ0) is 12.8. The summed E-state index contributed by atoms with van der Waals surface area (Å²) in [6.07, 6.45) is 2.79. The van der Waals surface area contributed by atoms with Crippen LogP contribution in [0.4, 0.5) is 0 Å². The largest absolute Gasteiger partial charge is 0.388 e. The van der Waals surface area contributed by atoms with Crippen LogP contribution in [-0.2, 0) is 6.42 Å². The maximum Gasteiger partial charge on any atom is 0.0793 e. The number of fused-ring (bicyclic) bond motifs is 5. The Morgan fingerprint density at radius 3 is 2.63 bits per heavy atom. The third kappa shape index (κ3) is 1.58. The van der Waals surface area contributed by atoms with Crippen molar-refractivity contribution in [3.05, 3.63) is 59.7 Å². The van der Waals surface area contributed by atoms with Crippen LogP contribution in [0.25, 0.3) is 21.5 Å². The van der Waals surface area contributed by atoms with Crippen LogP contribution in [-0.4, -0.2) is 5.11 Å². The first-order chi connectivity index (χ1) is 9.34. The second-order valence-corrected chi connectivity index (χ2v) is 5.42. The van der Waals surface area contributed by atoms with Crippen molar-refractivity contribution in [3.8, 4) is 0 Å². The van der Waals surface area contributed by atoms with Crippen molar-refractivity contribution in [1.29, 1.82) is 0 Å². The number of aliphatic hydroxyl groups excluding tert-OH is 1. The van der Waals surface area contributed by atoms with Crippen molar-refractivity contribution >= 4 is 21.5 Å². The second-order valence-electron chi connectivity index (χ2n) is 5.42. The zero-order valence-electron chi connectivity index (χ0n) is 10.8. The number of benzene rings is 3. The predicted molar refractivity (Wildman–Crippen MR) is 79.4 cm³/mol. The first-order valence-electron chi connectivity index (χ1n) is 6.96. The van der Waals surface area contributed by atoms with E-state index in [9.17, 15) is 5.11 Å². The molecule has 0 spiro atoms. The number of rotatable bonds is 0. The minimum absolute atomic E-state index is 0.278. The molecule has 1 nitrogen and oxygen atoms in total. The van der Waals surface area contributed by atoms with E-state index in [1.807, 2.05) is 0 Å². The summed E-state index contributed by atoms with van der Waals surface area (Å²) >= 11 is 0. The Morgan fingerprint density at radius 2 is 1.68 bits per heavy atom. The van der Waals surface area contributed by atoms with Gasteiger partial charge < -0.3 is 5.11 Å². The van der Waals surface area contributed by atoms with Crippen LogP contribution in [0, 0.1) is 0 Å². The van der Waals surface area contributed by atoms with Gasteiger partial charge in [0.2, 0.25) is 0 Å². The Morgan fingerprint density at radius 1 is 0.842 bits per heavy atom. The fraction of sp³-hybridized carbons (Fsp3) is 0.222. The van der Waals surface area contributed by atoms with E-state index in [1.54, 1.807) is 0 Å². The average molecular weight is 248 g/mol. The second kappa shape index (κ2) is 4.07. The predicted octanol–water partition coefficient (Wildman–Crippen LogP) is 4.36. The van der Waals surface area contributed by atoms with Crippen molar-refractivity contribution in [2.75, 3.05) is 0 Å². The van der Waals surface area contributed by atoms with Crippen molar-refractivity contribution < 1.29 is 5.11 Å². The maximum atomic E-state index is 10.1. The molecule has 19 heavy (non-hydrogen) atoms. The Kier molecular flexibility index (Phi) is 2.36. The smallest absolute Gasteiger partial charge is 0.0793 e. The number of hydrogen-bond acceptors (Lipinski definition) is 1. The minimum atomic E-state index is -0.278. The van der Waals surface area contributed by atoms with E-state index in [2.05, 4.69) is 48.5 Å². The van der Waals surface area contributed by atoms with Gasteiger partial charge in [-0.05, 0) is 51.9 Å². The van der Waals surface area contributed by atoms with Crippen LogP contribution in [0.15, 0.2) is 48.5 Å². The molecule has 1 aliphatic carbocycles. The third-order valence-corrected chi connectivity index (χ3v) is 4.34. The average Bonchev–Trinajstić information content (AvgIpc) is 2.47. The van der Waals surface area contributed by atoms with Gasteiger partial charge in [-0.25, -0.2) is 0 Å². The van der Waals surface area contributed by atoms with Gasteiger partial charge in [0.1, 0.15) is 0 Å². The first kappa shape index (κ1) is 11.0. The van der Waals surface area contributed by atoms with E-state index < -0.39 is 0 Å². The van der Waals surface area contributed by atoms with Gasteiger partial charge in [-0.3, -0.25) is 0 Å². The van der Waals surface area contributed by atoms with E-state index >= 15 is 0 Å². The molecule has 0 amide bonds. The molecule has 1 atom stereocenters. The molecule has 1 N–H and O–H groups in total. The molecular formula is C18H16O. The van der Waals surface area contributed by atoms with Crippen molar-refractivity contribution in [1.82, 2.24) is 0 Å². The van der Waals surface area contributed by atoms with Crippen LogP contribution >= 0.6 is 0 Å². The molecule has 1 heteroatoms. The Hall–Kier alpha value is -1.86. The SMILES string of the molecule is OC1CCCc2c1ccc1c2ccc2ccccc21. The standard InChI is InChI=1S/C18H16O/c19-18-7-3-6-14-16-9-8-12-4-1-2-5-13(12)15(16)10-11-17(14)18/h1-2,4-5,8-11,18-19H,3,6-7H2. The monoisotopic (exact) mass is 248 g/mol. The van der Waals surface area contributed by atoms with Crippen molar-refractivity contribution in [2.45, 2.75) is 25.4 Å². The lowest BCUT2D eigenvalue weighted by atomic mass is 9.85. The molecule has 0 aliphatic heterocycles. The van der Waals surface area contributed by atoms with E-state index in [0.29, 0.717) is 0 Å². The molecular weight excluding hydrogens is 232 g/mol. The Bertz CT molecular complexity index is 773. The summed E-state index contributed by atoms with van der Waals surface area (Å²) < 4.78 is 0. The van der Waals surface area contributed by atoms with Crippen LogP contribution in [0.5, 0.6) is 0 Å². The van der Waals surface area contributed by atoms with Gasteiger partial charge in [0, 0.05) is 0 Å². The molecule has 0 bridgehead atoms. The lowest BCUT2D eigenvalue weighted by molar-refractivity contribution is 0.157. The molecule has 0 saturated heterocycles. The van der Waals surface area contributed by atoms with Crippen LogP contribution in [0.1, 0.15) is 30.1 Å². The summed E-state index contributed by atoms with van der Waals surface area (Å²) in [4.78, 5) is 0. The fourth-order valence-corrected chi connectivity index (χ4v) is 3.39. The third-order valence-electron chi connectivity index (χ3n) is 4.34. The number of aryl methyl sites for hydroxylation is 1. The highest BCUT2D eigenvalue weighted by atomic mass is 16.3. The van der Waals surface area contributed by atoms with E-state index in [4.69, 9.17) is 0 Å². The van der Waals surface area contributed by atoms with Gasteiger partial charge in [0.05, 0.1) is 6.10 Å². The molecule has 0 radical (unpaired) electrons. The summed E-state index contributed by atoms with van der Waals surface area (Å²) in [5.74, 6) is 0. The number of hydrogen-bond donors (Lipinski definition) is 1. The minimum Gasteiger partial charge on any atom is -0.388 e. The summed E-state index contributed by atoms with van der Waals surface area (Å²) in [5.41, 5.74) is 2.48. The Labute approximate surface area is 112 Å². The van der Waals surface area contributed by atoms with Gasteiger partial charge in [-0.15, -0.1) is 0 Å². The molecule has 0 aromatic heterocycles. The molecule has 94 valence electrons. The molecule has 4 rings (SSSR count). The summed E-state index contributed by atoms with van der Waals surface area (Å²) in [5, 5.41) is 15.4. The van der Waals surface area contributed by atoms with Crippen molar-refractivity contribution in [3.63, 3.8) is 0 Å². The highest BCUT2D eigenvalue weighted by molar-refractivity contribution is 6.08. The normalized spacial score (nSPS) is 18.7. The van der Waals surface area contributed by atoms with Crippen LogP contribution in [0.3, 0.4) is 0 Å². The molecule has 0 saturated carbocycles. The lowest BCUT2D eigenvalue weighted by Crippen LogP contribution is -2.09. The quantitative estimate of drug-likeness (QED) is 0.586. The van der Waals surface area contributed by atoms with Crippen LogP contribution in [0.2, 0.25) is 0 Å². The molecule has 3 aromatic rings. The molecule has 1 unspecified atom stereocenters. The molecule has 3 aromatic carbocycles. The van der Waals surface area contributed by atoms with E-state index in [0.717, 1.165) is 24.8 Å². The van der Waals surface area contributed by atoms with Gasteiger partial charge >= 0.3 is 0 Å². The number of aliphatic hydroxyl groups is 1. The summed E-state index contributed by atoms with van der Waals surface area (Å²) in [7, 11) is 0. The van der Waals surface area contributed by atoms with Gasteiger partial charge in [0.15, 0.2) is 0 Å². The fourth-order valence-electron chi connectivity index (χ4n) is 3.39. The highest BCUT2D eigenvalue weighted by Gasteiger charge is 2.19. The summed E-state index contributed by atoms with van der Waals surface area (Å²) in [6.45, 7) is 0. The molecule has 0 fully saturated rings. The molecule has 0 heterocycles. The van der Waals surface area contributed by atoms with E-state index in [1.165, 1.54) is 27.1 Å². The highest BCUT2D eigenvalue weighted by Crippen LogP contribution is 2.36. The topological polar surface area (TPSA) is 20.2 Å². The van der Waals surface area contributed by atoms with Gasteiger partial charge in [0.25, 0.3) is 0 Å². The first-order valence-corrected chi connectivity index (χ1v) is 6.96. The summed E-state index contributed by atoms with van der Waals surface area (Å²) in [6, 6.07) is 17.2. The van der Waals surface area contributed by atoms with Crippen molar-refractivity contribution in [2.24, 2.45) is 0 Å². The Balaban J connectivity index is 2.13.